The van der Waals surface area contributed by atoms with E-state index in [0.29, 0.717) is 19.5 Å². The van der Waals surface area contributed by atoms with Crippen molar-refractivity contribution in [2.24, 2.45) is 0 Å². The third-order valence-corrected chi connectivity index (χ3v) is 4.66. The van der Waals surface area contributed by atoms with Crippen molar-refractivity contribution in [2.75, 3.05) is 0 Å². The lowest BCUT2D eigenvalue weighted by atomic mass is 10.0. The number of carbonyl (C=O) groups excluding carboxylic acids is 1. The number of amides is 1. The van der Waals surface area contributed by atoms with Gasteiger partial charge in [-0.1, -0.05) is 36.4 Å². The van der Waals surface area contributed by atoms with Gasteiger partial charge in [0.1, 0.15) is 0 Å². The number of nitrogens with one attached hydrogen (secondary N) is 1. The van der Waals surface area contributed by atoms with Gasteiger partial charge in [-0.15, -0.1) is 0 Å². The summed E-state index contributed by atoms with van der Waals surface area (Å²) in [6.45, 7) is 2.94. The van der Waals surface area contributed by atoms with Gasteiger partial charge < -0.3 is 9.88 Å². The van der Waals surface area contributed by atoms with Gasteiger partial charge in [-0.05, 0) is 34.2 Å². The first kappa shape index (κ1) is 14.7. The lowest BCUT2D eigenvalue weighted by Gasteiger charge is -2.11. The van der Waals surface area contributed by atoms with Crippen LogP contribution in [0, 0.1) is 0 Å². The molecule has 1 aliphatic heterocycles. The average molecular weight is 318 g/mol. The Morgan fingerprint density at radius 2 is 1.88 bits per heavy atom. The lowest BCUT2D eigenvalue weighted by molar-refractivity contribution is -0.129. The number of fused-ring (bicyclic) bond motifs is 2. The van der Waals surface area contributed by atoms with Crippen LogP contribution < -0.4 is 5.56 Å². The van der Waals surface area contributed by atoms with E-state index in [0.717, 1.165) is 22.0 Å². The molecule has 0 saturated carbocycles. The van der Waals surface area contributed by atoms with Gasteiger partial charge in [-0.2, -0.15) is 0 Å². The van der Waals surface area contributed by atoms with Crippen LogP contribution in [0.1, 0.15) is 29.2 Å². The molecule has 24 heavy (non-hydrogen) atoms. The Morgan fingerprint density at radius 1 is 1.08 bits per heavy atom. The second kappa shape index (κ2) is 5.64. The fourth-order valence-corrected chi connectivity index (χ4v) is 3.32. The molecule has 3 aromatic rings. The molecule has 1 N–H and O–H groups in total. The highest BCUT2D eigenvalue weighted by Crippen LogP contribution is 2.24. The maximum Gasteiger partial charge on any atom is 0.251 e. The molecule has 0 unspecified atom stereocenters. The number of aromatic amines is 1. The Hall–Kier alpha value is -2.88. The molecule has 1 amide bonds. The second-order valence-corrected chi connectivity index (χ2v) is 6.37. The monoisotopic (exact) mass is 318 g/mol. The fourth-order valence-electron chi connectivity index (χ4n) is 3.32. The summed E-state index contributed by atoms with van der Waals surface area (Å²) in [6, 6.07) is 16.0. The minimum atomic E-state index is -0.0421. The van der Waals surface area contributed by atoms with E-state index in [1.807, 2.05) is 35.2 Å². The zero-order valence-corrected chi connectivity index (χ0v) is 13.5. The first-order valence-electron chi connectivity index (χ1n) is 8.07. The highest BCUT2D eigenvalue weighted by atomic mass is 16.2. The van der Waals surface area contributed by atoms with Crippen LogP contribution in [0.4, 0.5) is 0 Å². The Morgan fingerprint density at radius 3 is 2.71 bits per heavy atom. The summed E-state index contributed by atoms with van der Waals surface area (Å²) in [6.07, 6.45) is 0.591. The molecule has 2 aromatic carbocycles. The van der Waals surface area contributed by atoms with Crippen LogP contribution in [-0.4, -0.2) is 15.8 Å². The van der Waals surface area contributed by atoms with E-state index in [4.69, 9.17) is 0 Å². The van der Waals surface area contributed by atoms with Gasteiger partial charge in [0.2, 0.25) is 5.91 Å². The number of hydrogen-bond donors (Lipinski definition) is 1. The Labute approximate surface area is 139 Å². The predicted molar refractivity (Wildman–Crippen MR) is 93.7 cm³/mol. The maximum atomic E-state index is 12.3. The molecule has 0 fully saturated rings. The molecular weight excluding hydrogens is 300 g/mol. The average Bonchev–Trinajstić information content (AvgIpc) is 2.99. The predicted octanol–water partition coefficient (Wildman–Crippen LogP) is 2.98. The van der Waals surface area contributed by atoms with Crippen molar-refractivity contribution < 1.29 is 4.79 Å². The number of nitrogens with zero attached hydrogens (tertiary/aromatic N) is 1. The van der Waals surface area contributed by atoms with Crippen molar-refractivity contribution in [3.63, 3.8) is 0 Å². The Bertz CT molecular complexity index is 1000. The molecule has 0 spiro atoms. The van der Waals surface area contributed by atoms with E-state index >= 15 is 0 Å². The van der Waals surface area contributed by atoms with E-state index in [1.54, 1.807) is 6.92 Å². The topological polar surface area (TPSA) is 53.2 Å². The number of para-hydroxylation sites is 1. The Balaban J connectivity index is 1.65. The second-order valence-electron chi connectivity index (χ2n) is 6.37. The third-order valence-electron chi connectivity index (χ3n) is 4.66. The summed E-state index contributed by atoms with van der Waals surface area (Å²) in [5.74, 6) is 0.0960. The molecule has 4 heteroatoms. The third kappa shape index (κ3) is 2.60. The number of hydrogen-bond acceptors (Lipinski definition) is 2. The van der Waals surface area contributed by atoms with Crippen molar-refractivity contribution in [1.29, 1.82) is 0 Å². The molecular formula is C20H18N2O2. The number of rotatable bonds is 2. The molecule has 0 bridgehead atoms. The van der Waals surface area contributed by atoms with Crippen molar-refractivity contribution in [2.45, 2.75) is 26.4 Å². The minimum absolute atomic E-state index is 0.0421. The van der Waals surface area contributed by atoms with Crippen LogP contribution in [0.25, 0.3) is 10.9 Å². The summed E-state index contributed by atoms with van der Waals surface area (Å²) < 4.78 is 0. The zero-order chi connectivity index (χ0) is 16.7. The SMILES string of the molecule is CC(=O)N1Cc2ccc(Cc3cc4ccccc4[nH]c3=O)cc2C1. The number of H-pyrrole nitrogens is 1. The van der Waals surface area contributed by atoms with E-state index in [9.17, 15) is 9.59 Å². The van der Waals surface area contributed by atoms with Gasteiger partial charge in [0.15, 0.2) is 0 Å². The van der Waals surface area contributed by atoms with Gasteiger partial charge in [0, 0.05) is 37.5 Å². The maximum absolute atomic E-state index is 12.3. The van der Waals surface area contributed by atoms with E-state index in [1.165, 1.54) is 11.1 Å². The largest absolute Gasteiger partial charge is 0.334 e. The van der Waals surface area contributed by atoms with Crippen LogP contribution in [0.3, 0.4) is 0 Å². The summed E-state index contributed by atoms with van der Waals surface area (Å²) in [7, 11) is 0. The summed E-state index contributed by atoms with van der Waals surface area (Å²) in [5, 5.41) is 1.04. The number of aromatic nitrogens is 1. The molecule has 0 saturated heterocycles. The number of pyridine rings is 1. The summed E-state index contributed by atoms with van der Waals surface area (Å²) >= 11 is 0. The fraction of sp³-hybridized carbons (Fsp3) is 0.200. The Kier molecular flexibility index (Phi) is 3.45. The van der Waals surface area contributed by atoms with Crippen molar-refractivity contribution in [3.8, 4) is 0 Å². The van der Waals surface area contributed by atoms with Crippen LogP contribution in [0.15, 0.2) is 53.3 Å². The first-order valence-corrected chi connectivity index (χ1v) is 8.07. The summed E-state index contributed by atoms with van der Waals surface area (Å²) in [5.41, 5.74) is 5.05. The van der Waals surface area contributed by atoms with Gasteiger partial charge in [0.05, 0.1) is 0 Å². The smallest absolute Gasteiger partial charge is 0.251 e. The van der Waals surface area contributed by atoms with Crippen molar-refractivity contribution in [3.05, 3.63) is 81.1 Å². The van der Waals surface area contributed by atoms with E-state index < -0.39 is 0 Å². The molecule has 1 aromatic heterocycles. The normalized spacial score (nSPS) is 13.3. The number of carbonyl (C=O) groups is 1. The lowest BCUT2D eigenvalue weighted by Crippen LogP contribution is -2.21. The molecule has 1 aliphatic rings. The molecule has 4 nitrogen and oxygen atoms in total. The van der Waals surface area contributed by atoms with Crippen LogP contribution in [0.2, 0.25) is 0 Å². The van der Waals surface area contributed by atoms with Gasteiger partial charge in [0.25, 0.3) is 5.56 Å². The minimum Gasteiger partial charge on any atom is -0.334 e. The first-order chi connectivity index (χ1) is 11.6. The van der Waals surface area contributed by atoms with Gasteiger partial charge >= 0.3 is 0 Å². The molecule has 0 radical (unpaired) electrons. The van der Waals surface area contributed by atoms with Gasteiger partial charge in [-0.3, -0.25) is 9.59 Å². The molecule has 2 heterocycles. The van der Waals surface area contributed by atoms with Crippen molar-refractivity contribution >= 4 is 16.8 Å². The molecule has 120 valence electrons. The standard InChI is InChI=1S/C20H18N2O2/c1-13(23)22-11-16-7-6-14(9-18(16)12-22)8-17-10-15-4-2-3-5-19(15)21-20(17)24/h2-7,9-10H,8,11-12H2,1H3,(H,21,24). The molecule has 4 rings (SSSR count). The van der Waals surface area contributed by atoms with Crippen LogP contribution >= 0.6 is 0 Å². The molecule has 0 atom stereocenters. The highest BCUT2D eigenvalue weighted by molar-refractivity contribution is 5.78. The quantitative estimate of drug-likeness (QED) is 0.790. The van der Waals surface area contributed by atoms with Crippen LogP contribution in [0.5, 0.6) is 0 Å². The van der Waals surface area contributed by atoms with Gasteiger partial charge in [-0.25, -0.2) is 0 Å². The highest BCUT2D eigenvalue weighted by Gasteiger charge is 2.20. The van der Waals surface area contributed by atoms with Crippen LogP contribution in [-0.2, 0) is 24.3 Å². The number of benzene rings is 2. The zero-order valence-electron chi connectivity index (χ0n) is 13.5. The molecule has 0 aliphatic carbocycles. The van der Waals surface area contributed by atoms with E-state index in [2.05, 4.69) is 23.2 Å². The van der Waals surface area contributed by atoms with Crippen molar-refractivity contribution in [1.82, 2.24) is 9.88 Å². The van der Waals surface area contributed by atoms with E-state index in [-0.39, 0.29) is 11.5 Å². The summed E-state index contributed by atoms with van der Waals surface area (Å²) in [4.78, 5) is 28.6.